The average Bonchev–Trinajstić information content (AvgIpc) is 2.41. The Labute approximate surface area is 81.7 Å². The third-order valence-electron chi connectivity index (χ3n) is 3.70. The third-order valence-corrected chi connectivity index (χ3v) is 3.70. The van der Waals surface area contributed by atoms with Crippen LogP contribution >= 0.6 is 0 Å². The molecule has 0 radical (unpaired) electrons. The molecule has 0 aromatic heterocycles. The molecule has 0 saturated carbocycles. The van der Waals surface area contributed by atoms with E-state index < -0.39 is 0 Å². The van der Waals surface area contributed by atoms with E-state index in [0.717, 1.165) is 17.8 Å². The number of hydrogen-bond donors (Lipinski definition) is 1. The second-order valence-electron chi connectivity index (χ2n) is 4.87. The molecule has 2 aliphatic rings. The van der Waals surface area contributed by atoms with E-state index in [-0.39, 0.29) is 0 Å². The third kappa shape index (κ3) is 2.05. The maximum Gasteiger partial charge on any atom is 0.00249 e. The maximum absolute atomic E-state index is 3.59. The quantitative estimate of drug-likeness (QED) is 0.655. The van der Waals surface area contributed by atoms with Crippen LogP contribution in [-0.2, 0) is 0 Å². The highest BCUT2D eigenvalue weighted by Crippen LogP contribution is 2.30. The van der Waals surface area contributed by atoms with Crippen LogP contribution in [0, 0.1) is 17.8 Å². The molecule has 0 bridgehead atoms. The van der Waals surface area contributed by atoms with Crippen molar-refractivity contribution in [3.8, 4) is 0 Å². The van der Waals surface area contributed by atoms with Gasteiger partial charge in [-0.25, -0.2) is 0 Å². The second-order valence-corrected chi connectivity index (χ2v) is 4.87. The van der Waals surface area contributed by atoms with Gasteiger partial charge < -0.3 is 10.2 Å². The largest absolute Gasteiger partial charge is 0.316 e. The van der Waals surface area contributed by atoms with E-state index in [1.54, 1.807) is 0 Å². The highest BCUT2D eigenvalue weighted by atomic mass is 15.2. The van der Waals surface area contributed by atoms with Crippen molar-refractivity contribution in [2.24, 2.45) is 17.8 Å². The van der Waals surface area contributed by atoms with E-state index in [2.05, 4.69) is 24.1 Å². The lowest BCUT2D eigenvalue weighted by Gasteiger charge is -2.15. The van der Waals surface area contributed by atoms with Gasteiger partial charge in [0.05, 0.1) is 0 Å². The summed E-state index contributed by atoms with van der Waals surface area (Å²) in [4.78, 5) is 2.61. The Hall–Kier alpha value is -0.0800. The van der Waals surface area contributed by atoms with Crippen molar-refractivity contribution in [3.63, 3.8) is 0 Å². The van der Waals surface area contributed by atoms with Gasteiger partial charge in [0.1, 0.15) is 0 Å². The van der Waals surface area contributed by atoms with E-state index in [9.17, 15) is 0 Å². The molecule has 3 unspecified atom stereocenters. The van der Waals surface area contributed by atoms with Crippen molar-refractivity contribution >= 4 is 0 Å². The number of likely N-dealkylation sites (tertiary alicyclic amines) is 1. The summed E-state index contributed by atoms with van der Waals surface area (Å²) in [5.41, 5.74) is 0. The molecular weight excluding hydrogens is 160 g/mol. The van der Waals surface area contributed by atoms with Gasteiger partial charge in [-0.05, 0) is 43.8 Å². The molecule has 2 nitrogen and oxygen atoms in total. The maximum atomic E-state index is 3.59. The molecule has 0 spiro atoms. The molecule has 76 valence electrons. The van der Waals surface area contributed by atoms with Crippen LogP contribution in [0.5, 0.6) is 0 Å². The fourth-order valence-corrected chi connectivity index (χ4v) is 2.91. The molecule has 2 saturated heterocycles. The van der Waals surface area contributed by atoms with Crippen molar-refractivity contribution in [2.45, 2.75) is 20.3 Å². The first-order valence-electron chi connectivity index (χ1n) is 5.72. The Bertz CT molecular complexity index is 169. The topological polar surface area (TPSA) is 15.3 Å². The Morgan fingerprint density at radius 2 is 2.00 bits per heavy atom. The van der Waals surface area contributed by atoms with E-state index in [1.807, 2.05) is 0 Å². The SMILES string of the molecule is CCN1CC2CNCC(C)CC2C1. The van der Waals surface area contributed by atoms with Crippen LogP contribution in [0.3, 0.4) is 0 Å². The predicted molar refractivity (Wildman–Crippen MR) is 55.7 cm³/mol. The molecule has 2 fully saturated rings. The van der Waals surface area contributed by atoms with Crippen LogP contribution in [0.15, 0.2) is 0 Å². The number of rotatable bonds is 1. The van der Waals surface area contributed by atoms with Gasteiger partial charge >= 0.3 is 0 Å². The van der Waals surface area contributed by atoms with Crippen LogP contribution in [0.1, 0.15) is 20.3 Å². The minimum absolute atomic E-state index is 0.881. The summed E-state index contributed by atoms with van der Waals surface area (Å²) in [6.45, 7) is 11.1. The molecule has 3 atom stereocenters. The van der Waals surface area contributed by atoms with Crippen LogP contribution in [0.25, 0.3) is 0 Å². The molecule has 2 heteroatoms. The molecular formula is C11H22N2. The van der Waals surface area contributed by atoms with Crippen LogP contribution < -0.4 is 5.32 Å². The normalized spacial score (nSPS) is 41.5. The number of nitrogens with one attached hydrogen (secondary N) is 1. The lowest BCUT2D eigenvalue weighted by Crippen LogP contribution is -2.27. The summed E-state index contributed by atoms with van der Waals surface area (Å²) in [7, 11) is 0. The summed E-state index contributed by atoms with van der Waals surface area (Å²) in [5.74, 6) is 2.79. The van der Waals surface area contributed by atoms with Gasteiger partial charge in [-0.3, -0.25) is 0 Å². The molecule has 0 aromatic rings. The Morgan fingerprint density at radius 3 is 2.77 bits per heavy atom. The smallest absolute Gasteiger partial charge is 0.00249 e. The van der Waals surface area contributed by atoms with Gasteiger partial charge in [0, 0.05) is 13.1 Å². The van der Waals surface area contributed by atoms with E-state index in [4.69, 9.17) is 0 Å². The molecule has 0 amide bonds. The van der Waals surface area contributed by atoms with Gasteiger partial charge in [-0.2, -0.15) is 0 Å². The fourth-order valence-electron chi connectivity index (χ4n) is 2.91. The first-order chi connectivity index (χ1) is 6.29. The number of fused-ring (bicyclic) bond motifs is 1. The number of nitrogens with zero attached hydrogens (tertiary/aromatic N) is 1. The first kappa shape index (κ1) is 9.47. The van der Waals surface area contributed by atoms with E-state index in [0.29, 0.717) is 0 Å². The van der Waals surface area contributed by atoms with Crippen molar-refractivity contribution in [3.05, 3.63) is 0 Å². The minimum Gasteiger partial charge on any atom is -0.316 e. The van der Waals surface area contributed by atoms with Gasteiger partial charge in [0.15, 0.2) is 0 Å². The van der Waals surface area contributed by atoms with E-state index in [1.165, 1.54) is 39.1 Å². The van der Waals surface area contributed by atoms with Crippen LogP contribution in [0.4, 0.5) is 0 Å². The zero-order valence-corrected chi connectivity index (χ0v) is 8.92. The Kier molecular flexibility index (Phi) is 2.89. The van der Waals surface area contributed by atoms with Crippen molar-refractivity contribution in [1.29, 1.82) is 0 Å². The van der Waals surface area contributed by atoms with E-state index >= 15 is 0 Å². The second kappa shape index (κ2) is 3.97. The lowest BCUT2D eigenvalue weighted by atomic mass is 9.89. The van der Waals surface area contributed by atoms with Crippen molar-refractivity contribution in [2.75, 3.05) is 32.7 Å². The molecule has 13 heavy (non-hydrogen) atoms. The molecule has 2 heterocycles. The Morgan fingerprint density at radius 1 is 1.23 bits per heavy atom. The van der Waals surface area contributed by atoms with Crippen molar-refractivity contribution < 1.29 is 0 Å². The van der Waals surface area contributed by atoms with Gasteiger partial charge in [-0.1, -0.05) is 13.8 Å². The summed E-state index contributed by atoms with van der Waals surface area (Å²) >= 11 is 0. The summed E-state index contributed by atoms with van der Waals surface area (Å²) in [6, 6.07) is 0. The van der Waals surface area contributed by atoms with Crippen molar-refractivity contribution in [1.82, 2.24) is 10.2 Å². The monoisotopic (exact) mass is 182 g/mol. The van der Waals surface area contributed by atoms with Gasteiger partial charge in [0.2, 0.25) is 0 Å². The minimum atomic E-state index is 0.881. The molecule has 0 aromatic carbocycles. The lowest BCUT2D eigenvalue weighted by molar-refractivity contribution is 0.323. The summed E-state index contributed by atoms with van der Waals surface area (Å²) in [6.07, 6.45) is 1.44. The first-order valence-corrected chi connectivity index (χ1v) is 5.72. The summed E-state index contributed by atoms with van der Waals surface area (Å²) < 4.78 is 0. The van der Waals surface area contributed by atoms with Crippen LogP contribution in [0.2, 0.25) is 0 Å². The fraction of sp³-hybridized carbons (Fsp3) is 1.00. The number of hydrogen-bond acceptors (Lipinski definition) is 2. The predicted octanol–water partition coefficient (Wildman–Crippen LogP) is 1.18. The van der Waals surface area contributed by atoms with Gasteiger partial charge in [-0.15, -0.1) is 0 Å². The standard InChI is InChI=1S/C11H22N2/c1-3-13-7-10-4-9(2)5-12-6-11(10)8-13/h9-12H,3-8H2,1-2H3. The average molecular weight is 182 g/mol. The molecule has 1 N–H and O–H groups in total. The zero-order chi connectivity index (χ0) is 9.26. The highest BCUT2D eigenvalue weighted by Gasteiger charge is 2.33. The zero-order valence-electron chi connectivity index (χ0n) is 8.92. The molecule has 2 aliphatic heterocycles. The van der Waals surface area contributed by atoms with Crippen LogP contribution in [-0.4, -0.2) is 37.6 Å². The molecule has 0 aliphatic carbocycles. The molecule has 2 rings (SSSR count). The highest BCUT2D eigenvalue weighted by molar-refractivity contribution is 4.88. The van der Waals surface area contributed by atoms with Gasteiger partial charge in [0.25, 0.3) is 0 Å². The summed E-state index contributed by atoms with van der Waals surface area (Å²) in [5, 5.41) is 3.59. The Balaban J connectivity index is 1.95.